The molecule has 1 aliphatic rings. The SMILES string of the molecule is Cc1nc(N2CCC(N(C)C(=O)CC(F)(F)F)C2)c2c(cnc3[nH]ccc32)n1. The Balaban J connectivity index is 1.65. The van der Waals surface area contributed by atoms with Crippen LogP contribution in [0.2, 0.25) is 0 Å². The van der Waals surface area contributed by atoms with Crippen molar-refractivity contribution in [3.8, 4) is 0 Å². The van der Waals surface area contributed by atoms with Gasteiger partial charge in [-0.15, -0.1) is 0 Å². The number of H-pyrrole nitrogens is 1. The van der Waals surface area contributed by atoms with E-state index in [2.05, 4.69) is 19.9 Å². The molecule has 148 valence electrons. The Morgan fingerprint density at radius 1 is 1.39 bits per heavy atom. The third kappa shape index (κ3) is 3.34. The summed E-state index contributed by atoms with van der Waals surface area (Å²) in [7, 11) is 1.43. The Morgan fingerprint density at radius 3 is 2.93 bits per heavy atom. The van der Waals surface area contributed by atoms with E-state index in [4.69, 9.17) is 0 Å². The Kier molecular flexibility index (Phi) is 4.35. The maximum atomic E-state index is 12.5. The van der Waals surface area contributed by atoms with Gasteiger partial charge < -0.3 is 14.8 Å². The van der Waals surface area contributed by atoms with Crippen LogP contribution in [-0.2, 0) is 4.79 Å². The monoisotopic (exact) mass is 392 g/mol. The molecule has 3 aromatic heterocycles. The van der Waals surface area contributed by atoms with E-state index in [1.807, 2.05) is 11.0 Å². The molecule has 1 atom stereocenters. The van der Waals surface area contributed by atoms with Gasteiger partial charge in [0.1, 0.15) is 23.7 Å². The molecule has 1 aliphatic heterocycles. The molecule has 7 nitrogen and oxygen atoms in total. The molecule has 1 saturated heterocycles. The van der Waals surface area contributed by atoms with Crippen molar-refractivity contribution in [1.29, 1.82) is 0 Å². The minimum Gasteiger partial charge on any atom is -0.354 e. The number of nitrogens with zero attached hydrogens (tertiary/aromatic N) is 5. The average Bonchev–Trinajstić information content (AvgIpc) is 3.27. The molecule has 0 bridgehead atoms. The highest BCUT2D eigenvalue weighted by Gasteiger charge is 2.36. The van der Waals surface area contributed by atoms with E-state index in [9.17, 15) is 18.0 Å². The highest BCUT2D eigenvalue weighted by Crippen LogP contribution is 2.32. The summed E-state index contributed by atoms with van der Waals surface area (Å²) in [4.78, 5) is 31.6. The first kappa shape index (κ1) is 18.5. The summed E-state index contributed by atoms with van der Waals surface area (Å²) in [5.41, 5.74) is 1.42. The Bertz CT molecular complexity index is 1050. The molecule has 0 spiro atoms. The summed E-state index contributed by atoms with van der Waals surface area (Å²) < 4.78 is 37.6. The summed E-state index contributed by atoms with van der Waals surface area (Å²) in [5, 5.41) is 1.74. The van der Waals surface area contributed by atoms with Crippen LogP contribution in [0.25, 0.3) is 21.9 Å². The topological polar surface area (TPSA) is 78.0 Å². The van der Waals surface area contributed by atoms with Crippen LogP contribution in [0.3, 0.4) is 0 Å². The first-order valence-corrected chi connectivity index (χ1v) is 8.91. The summed E-state index contributed by atoms with van der Waals surface area (Å²) in [6.07, 6.45) is -1.90. The van der Waals surface area contributed by atoms with E-state index in [1.54, 1.807) is 19.3 Å². The smallest absolute Gasteiger partial charge is 0.354 e. The number of carbonyl (C=O) groups is 1. The predicted octanol–water partition coefficient (Wildman–Crippen LogP) is 2.80. The zero-order chi connectivity index (χ0) is 20.1. The van der Waals surface area contributed by atoms with Crippen molar-refractivity contribution in [1.82, 2.24) is 24.8 Å². The number of hydrogen-bond donors (Lipinski definition) is 1. The van der Waals surface area contributed by atoms with Crippen LogP contribution in [-0.4, -0.2) is 63.1 Å². The number of aromatic nitrogens is 4. The molecule has 0 radical (unpaired) electrons. The summed E-state index contributed by atoms with van der Waals surface area (Å²) in [6.45, 7) is 2.80. The lowest BCUT2D eigenvalue weighted by molar-refractivity contribution is -0.161. The van der Waals surface area contributed by atoms with E-state index >= 15 is 0 Å². The number of rotatable bonds is 3. The number of alkyl halides is 3. The molecule has 1 fully saturated rings. The van der Waals surface area contributed by atoms with Crippen molar-refractivity contribution in [2.45, 2.75) is 32.0 Å². The first-order chi connectivity index (χ1) is 13.2. The van der Waals surface area contributed by atoms with E-state index in [-0.39, 0.29) is 6.04 Å². The van der Waals surface area contributed by atoms with Crippen LogP contribution in [0.15, 0.2) is 18.5 Å². The van der Waals surface area contributed by atoms with Gasteiger partial charge in [-0.1, -0.05) is 0 Å². The highest BCUT2D eigenvalue weighted by atomic mass is 19.4. The van der Waals surface area contributed by atoms with Gasteiger partial charge in [-0.3, -0.25) is 4.79 Å². The number of halogens is 3. The maximum absolute atomic E-state index is 12.5. The average molecular weight is 392 g/mol. The van der Waals surface area contributed by atoms with Gasteiger partial charge in [-0.2, -0.15) is 13.2 Å². The minimum atomic E-state index is -4.50. The lowest BCUT2D eigenvalue weighted by Gasteiger charge is -2.26. The quantitative estimate of drug-likeness (QED) is 0.742. The molecule has 0 aromatic carbocycles. The second-order valence-corrected chi connectivity index (χ2v) is 7.04. The van der Waals surface area contributed by atoms with Crippen LogP contribution in [0.4, 0.5) is 19.0 Å². The van der Waals surface area contributed by atoms with E-state index in [0.717, 1.165) is 16.4 Å². The van der Waals surface area contributed by atoms with Gasteiger partial charge in [0.2, 0.25) is 5.91 Å². The second kappa shape index (κ2) is 6.61. The van der Waals surface area contributed by atoms with Crippen LogP contribution < -0.4 is 4.90 Å². The summed E-state index contributed by atoms with van der Waals surface area (Å²) in [5.74, 6) is 0.387. The fraction of sp³-hybridized carbons (Fsp3) is 0.444. The first-order valence-electron chi connectivity index (χ1n) is 8.91. The Labute approximate surface area is 158 Å². The van der Waals surface area contributed by atoms with Crippen molar-refractivity contribution >= 4 is 33.7 Å². The third-order valence-corrected chi connectivity index (χ3v) is 5.10. The van der Waals surface area contributed by atoms with Crippen LogP contribution in [0.1, 0.15) is 18.7 Å². The summed E-state index contributed by atoms with van der Waals surface area (Å²) >= 11 is 0. The number of amides is 1. The molecule has 0 aliphatic carbocycles. The molecule has 1 N–H and O–H groups in total. The molecule has 1 amide bonds. The van der Waals surface area contributed by atoms with Gasteiger partial charge in [0, 0.05) is 31.7 Å². The van der Waals surface area contributed by atoms with Crippen molar-refractivity contribution in [2.24, 2.45) is 0 Å². The Morgan fingerprint density at radius 2 is 2.18 bits per heavy atom. The van der Waals surface area contributed by atoms with E-state index in [1.165, 1.54) is 11.9 Å². The lowest BCUT2D eigenvalue weighted by Crippen LogP contribution is -2.40. The van der Waals surface area contributed by atoms with Gasteiger partial charge in [0.05, 0.1) is 23.1 Å². The number of aromatic amines is 1. The predicted molar refractivity (Wildman–Crippen MR) is 98.0 cm³/mol. The molecular formula is C18H19F3N6O. The highest BCUT2D eigenvalue weighted by molar-refractivity contribution is 6.09. The molecule has 1 unspecified atom stereocenters. The molecular weight excluding hydrogens is 373 g/mol. The maximum Gasteiger partial charge on any atom is 0.397 e. The number of anilines is 1. The lowest BCUT2D eigenvalue weighted by atomic mass is 10.2. The number of hydrogen-bond acceptors (Lipinski definition) is 5. The van der Waals surface area contributed by atoms with Crippen molar-refractivity contribution < 1.29 is 18.0 Å². The van der Waals surface area contributed by atoms with Crippen molar-refractivity contribution in [3.63, 3.8) is 0 Å². The number of likely N-dealkylation sites (N-methyl/N-ethyl adjacent to an activating group) is 1. The van der Waals surface area contributed by atoms with Gasteiger partial charge in [-0.05, 0) is 19.4 Å². The summed E-state index contributed by atoms with van der Waals surface area (Å²) in [6, 6.07) is 1.60. The zero-order valence-corrected chi connectivity index (χ0v) is 15.4. The van der Waals surface area contributed by atoms with Crippen LogP contribution in [0, 0.1) is 6.92 Å². The standard InChI is InChI=1S/C18H19F3N6O/c1-10-24-13-8-23-16-12(3-5-22-16)15(13)17(25-10)27-6-4-11(9-27)26(2)14(28)7-18(19,20)21/h3,5,8,11H,4,6-7,9H2,1-2H3,(H,22,23). The third-order valence-electron chi connectivity index (χ3n) is 5.10. The van der Waals surface area contributed by atoms with Crippen LogP contribution in [0.5, 0.6) is 0 Å². The van der Waals surface area contributed by atoms with Gasteiger partial charge in [-0.25, -0.2) is 15.0 Å². The van der Waals surface area contributed by atoms with Gasteiger partial charge in [0.25, 0.3) is 0 Å². The number of pyridine rings is 1. The molecule has 3 aromatic rings. The number of carbonyl (C=O) groups excluding carboxylic acids is 1. The fourth-order valence-corrected chi connectivity index (χ4v) is 3.70. The molecule has 4 heterocycles. The van der Waals surface area contributed by atoms with Crippen molar-refractivity contribution in [2.75, 3.05) is 25.0 Å². The minimum absolute atomic E-state index is 0.302. The number of aryl methyl sites for hydroxylation is 1. The second-order valence-electron chi connectivity index (χ2n) is 7.04. The molecule has 10 heteroatoms. The van der Waals surface area contributed by atoms with E-state index < -0.39 is 18.5 Å². The number of fused-ring (bicyclic) bond motifs is 3. The molecule has 0 saturated carbocycles. The van der Waals surface area contributed by atoms with Gasteiger partial charge in [0.15, 0.2) is 0 Å². The Hall–Kier alpha value is -2.91. The van der Waals surface area contributed by atoms with Gasteiger partial charge >= 0.3 is 6.18 Å². The largest absolute Gasteiger partial charge is 0.397 e. The van der Waals surface area contributed by atoms with Crippen LogP contribution >= 0.6 is 0 Å². The fourth-order valence-electron chi connectivity index (χ4n) is 3.70. The zero-order valence-electron chi connectivity index (χ0n) is 15.4. The normalized spacial score (nSPS) is 17.6. The van der Waals surface area contributed by atoms with E-state index in [0.29, 0.717) is 36.7 Å². The molecule has 4 rings (SSSR count). The number of nitrogens with one attached hydrogen (secondary N) is 1. The van der Waals surface area contributed by atoms with Crippen molar-refractivity contribution in [3.05, 3.63) is 24.3 Å². The molecule has 28 heavy (non-hydrogen) atoms.